The van der Waals surface area contributed by atoms with E-state index in [1.807, 2.05) is 52.0 Å². The van der Waals surface area contributed by atoms with E-state index in [4.69, 9.17) is 4.74 Å². The van der Waals surface area contributed by atoms with Gasteiger partial charge in [0, 0.05) is 12.1 Å². The monoisotopic (exact) mass is 391 g/mol. The van der Waals surface area contributed by atoms with E-state index in [1.165, 1.54) is 0 Å². The summed E-state index contributed by atoms with van der Waals surface area (Å²) in [6.07, 6.45) is -0.501. The number of hydrogen-bond donors (Lipinski definition) is 0. The first kappa shape index (κ1) is 21.2. The summed E-state index contributed by atoms with van der Waals surface area (Å²) in [6, 6.07) is 12.6. The fraction of sp³-hybridized carbons (Fsp3) is 0.476. The molecule has 0 aliphatic heterocycles. The molecule has 5 nitrogen and oxygen atoms in total. The average Bonchev–Trinajstić information content (AvgIpc) is 2.51. The number of carbonyl (C=O) groups is 1. The minimum absolute atomic E-state index is 0.0367. The lowest BCUT2D eigenvalue weighted by Gasteiger charge is -2.34. The van der Waals surface area contributed by atoms with Gasteiger partial charge < -0.3 is 9.64 Å². The van der Waals surface area contributed by atoms with E-state index in [0.29, 0.717) is 0 Å². The molecule has 0 bridgehead atoms. The first-order chi connectivity index (χ1) is 12.4. The number of carbonyl (C=O) groups excluding carboxylic acids is 1. The Morgan fingerprint density at radius 2 is 1.56 bits per heavy atom. The predicted octanol–water partition coefficient (Wildman–Crippen LogP) is 4.65. The van der Waals surface area contributed by atoms with Crippen LogP contribution in [0.1, 0.15) is 41.5 Å². The van der Waals surface area contributed by atoms with Gasteiger partial charge in [0.1, 0.15) is 5.60 Å². The summed E-state index contributed by atoms with van der Waals surface area (Å²) >= 11 is 0. The van der Waals surface area contributed by atoms with Crippen molar-refractivity contribution in [3.8, 4) is 0 Å². The van der Waals surface area contributed by atoms with Crippen LogP contribution in [0.4, 0.5) is 4.79 Å². The number of benzene rings is 2. The molecule has 148 valence electrons. The molecule has 1 amide bonds. The van der Waals surface area contributed by atoms with Gasteiger partial charge in [0.25, 0.3) is 0 Å². The van der Waals surface area contributed by atoms with E-state index in [0.717, 1.165) is 10.8 Å². The van der Waals surface area contributed by atoms with Crippen molar-refractivity contribution in [1.82, 2.24) is 4.90 Å². The summed E-state index contributed by atoms with van der Waals surface area (Å²) < 4.78 is 31.4. The molecule has 0 fully saturated rings. The molecule has 0 aliphatic rings. The number of ether oxygens (including phenoxy) is 1. The van der Waals surface area contributed by atoms with Gasteiger partial charge in [-0.15, -0.1) is 0 Å². The van der Waals surface area contributed by atoms with Crippen molar-refractivity contribution < 1.29 is 17.9 Å². The van der Waals surface area contributed by atoms with Crippen LogP contribution in [-0.2, 0) is 14.6 Å². The van der Waals surface area contributed by atoms with E-state index in [-0.39, 0.29) is 22.7 Å². The second-order valence-electron chi connectivity index (χ2n) is 7.99. The maximum absolute atomic E-state index is 12.9. The van der Waals surface area contributed by atoms with Gasteiger partial charge in [-0.3, -0.25) is 0 Å². The fourth-order valence-electron chi connectivity index (χ4n) is 3.24. The molecule has 0 saturated carbocycles. The Bertz CT molecular complexity index is 909. The molecule has 6 heteroatoms. The summed E-state index contributed by atoms with van der Waals surface area (Å²) in [6.45, 7) is 10.9. The molecule has 2 aromatic rings. The first-order valence-corrected chi connectivity index (χ1v) is 10.8. The topological polar surface area (TPSA) is 63.7 Å². The Labute approximate surface area is 162 Å². The Balaban J connectivity index is 2.22. The zero-order valence-corrected chi connectivity index (χ0v) is 17.7. The molecule has 2 aromatic carbocycles. The smallest absolute Gasteiger partial charge is 0.410 e. The molecule has 27 heavy (non-hydrogen) atoms. The lowest BCUT2D eigenvalue weighted by atomic mass is 10.1. The number of fused-ring (bicyclic) bond motifs is 1. The highest BCUT2D eigenvalue weighted by Gasteiger charge is 2.34. The van der Waals surface area contributed by atoms with Gasteiger partial charge in [0.05, 0.1) is 10.6 Å². The van der Waals surface area contributed by atoms with Gasteiger partial charge in [0.15, 0.2) is 9.84 Å². The van der Waals surface area contributed by atoms with E-state index < -0.39 is 21.5 Å². The number of hydrogen-bond acceptors (Lipinski definition) is 4. The summed E-state index contributed by atoms with van der Waals surface area (Å²) in [5, 5.41) is 1.84. The van der Waals surface area contributed by atoms with Crippen molar-refractivity contribution in [1.29, 1.82) is 0 Å². The number of sulfone groups is 1. The highest BCUT2D eigenvalue weighted by Crippen LogP contribution is 2.24. The number of nitrogens with zero attached hydrogens (tertiary/aromatic N) is 1. The molecule has 0 radical (unpaired) electrons. The zero-order chi connectivity index (χ0) is 20.4. The van der Waals surface area contributed by atoms with Crippen molar-refractivity contribution in [2.45, 2.75) is 64.1 Å². The standard InChI is InChI=1S/C21H29NO4S/c1-15(2)22(16(3)4)20(23)26-21(5,6)14-27(24,25)19-12-11-17-9-7-8-10-18(17)13-19/h7-13,15-16H,14H2,1-6H3. The van der Waals surface area contributed by atoms with Gasteiger partial charge in [0.2, 0.25) is 0 Å². The quantitative estimate of drug-likeness (QED) is 0.719. The van der Waals surface area contributed by atoms with Crippen molar-refractivity contribution in [2.75, 3.05) is 5.75 Å². The summed E-state index contributed by atoms with van der Waals surface area (Å²) in [5.74, 6) is -0.284. The Morgan fingerprint density at radius 1 is 1.00 bits per heavy atom. The van der Waals surface area contributed by atoms with Crippen LogP contribution in [0.15, 0.2) is 47.4 Å². The minimum atomic E-state index is -3.62. The molecule has 0 N–H and O–H groups in total. The third-order valence-corrected chi connectivity index (χ3v) is 6.35. The largest absolute Gasteiger partial charge is 0.442 e. The molecule has 0 heterocycles. The normalized spacial score (nSPS) is 12.6. The molecular weight excluding hydrogens is 362 g/mol. The lowest BCUT2D eigenvalue weighted by molar-refractivity contribution is 0.0139. The third-order valence-electron chi connectivity index (χ3n) is 4.30. The predicted molar refractivity (Wildman–Crippen MR) is 109 cm³/mol. The second kappa shape index (κ2) is 7.89. The van der Waals surface area contributed by atoms with Crippen molar-refractivity contribution in [2.24, 2.45) is 0 Å². The van der Waals surface area contributed by atoms with Crippen LogP contribution in [0.25, 0.3) is 10.8 Å². The molecule has 0 unspecified atom stereocenters. The zero-order valence-electron chi connectivity index (χ0n) is 16.9. The van der Waals surface area contributed by atoms with Crippen molar-refractivity contribution in [3.05, 3.63) is 42.5 Å². The van der Waals surface area contributed by atoms with Crippen LogP contribution < -0.4 is 0 Å². The molecule has 2 rings (SSSR count). The maximum Gasteiger partial charge on any atom is 0.410 e. The second-order valence-corrected chi connectivity index (χ2v) is 9.98. The van der Waals surface area contributed by atoms with Crippen LogP contribution in [0, 0.1) is 0 Å². The maximum atomic E-state index is 12.9. The summed E-state index contributed by atoms with van der Waals surface area (Å²) in [5.41, 5.74) is -1.15. The summed E-state index contributed by atoms with van der Waals surface area (Å²) in [4.78, 5) is 14.4. The van der Waals surface area contributed by atoms with Crippen LogP contribution in [0.2, 0.25) is 0 Å². The van der Waals surface area contributed by atoms with Gasteiger partial charge in [-0.2, -0.15) is 0 Å². The van der Waals surface area contributed by atoms with Crippen LogP contribution in [-0.4, -0.2) is 42.8 Å². The van der Waals surface area contributed by atoms with Gasteiger partial charge in [-0.1, -0.05) is 30.3 Å². The minimum Gasteiger partial charge on any atom is -0.442 e. The van der Waals surface area contributed by atoms with Gasteiger partial charge >= 0.3 is 6.09 Å². The highest BCUT2D eigenvalue weighted by molar-refractivity contribution is 7.91. The average molecular weight is 392 g/mol. The van der Waals surface area contributed by atoms with Crippen LogP contribution >= 0.6 is 0 Å². The highest BCUT2D eigenvalue weighted by atomic mass is 32.2. The van der Waals surface area contributed by atoms with Gasteiger partial charge in [-0.25, -0.2) is 13.2 Å². The van der Waals surface area contributed by atoms with E-state index in [2.05, 4.69) is 0 Å². The molecule has 0 saturated heterocycles. The number of rotatable bonds is 6. The molecular formula is C21H29NO4S. The first-order valence-electron chi connectivity index (χ1n) is 9.16. The van der Waals surface area contributed by atoms with Crippen molar-refractivity contribution >= 4 is 26.7 Å². The Kier molecular flexibility index (Phi) is 6.20. The Hall–Kier alpha value is -2.08. The van der Waals surface area contributed by atoms with E-state index in [1.54, 1.807) is 36.9 Å². The van der Waals surface area contributed by atoms with Crippen molar-refractivity contribution in [3.63, 3.8) is 0 Å². The van der Waals surface area contributed by atoms with Crippen LogP contribution in [0.5, 0.6) is 0 Å². The lowest BCUT2D eigenvalue weighted by Crippen LogP contribution is -2.47. The molecule has 0 aliphatic carbocycles. The molecule has 0 aromatic heterocycles. The Morgan fingerprint density at radius 3 is 2.11 bits per heavy atom. The molecule has 0 spiro atoms. The fourth-order valence-corrected chi connectivity index (χ4v) is 4.96. The number of amides is 1. The van der Waals surface area contributed by atoms with E-state index in [9.17, 15) is 13.2 Å². The van der Waals surface area contributed by atoms with Gasteiger partial charge in [-0.05, 0) is 64.4 Å². The SMILES string of the molecule is CC(C)N(C(=O)OC(C)(C)CS(=O)(=O)c1ccc2ccccc2c1)C(C)C. The summed E-state index contributed by atoms with van der Waals surface area (Å²) in [7, 11) is -3.62. The van der Waals surface area contributed by atoms with E-state index >= 15 is 0 Å². The third kappa shape index (κ3) is 5.22. The van der Waals surface area contributed by atoms with Crippen LogP contribution in [0.3, 0.4) is 0 Å². The molecule has 0 atom stereocenters.